The van der Waals surface area contributed by atoms with Crippen molar-refractivity contribution in [2.75, 3.05) is 27.2 Å². The number of hydroxylamine groups is 2. The summed E-state index contributed by atoms with van der Waals surface area (Å²) in [5.41, 5.74) is 1.27. The van der Waals surface area contributed by atoms with E-state index >= 15 is 0 Å². The number of piperidine rings is 1. The van der Waals surface area contributed by atoms with Crippen molar-refractivity contribution in [2.24, 2.45) is 0 Å². The minimum atomic E-state index is -0.742. The highest BCUT2D eigenvalue weighted by molar-refractivity contribution is 5.77. The molecule has 168 valence electrons. The maximum Gasteiger partial charge on any atom is 0.343 e. The van der Waals surface area contributed by atoms with E-state index in [-0.39, 0.29) is 17.2 Å². The number of benzene rings is 2. The molecule has 1 aliphatic rings. The minimum absolute atomic E-state index is 0.0858. The number of hydrogen-bond donors (Lipinski definition) is 1. The fourth-order valence-electron chi connectivity index (χ4n) is 3.83. The molecule has 0 unspecified atom stereocenters. The predicted octanol–water partition coefficient (Wildman–Crippen LogP) is 4.92. The average Bonchev–Trinajstić information content (AvgIpc) is 3.23. The van der Waals surface area contributed by atoms with E-state index in [1.165, 1.54) is 19.2 Å². The van der Waals surface area contributed by atoms with Crippen LogP contribution in [0.15, 0.2) is 46.9 Å². The number of oxazole rings is 1. The molecular formula is C23H23F2N3O4. The Morgan fingerprint density at radius 2 is 1.88 bits per heavy atom. The molecule has 0 radical (unpaired) electrons. The lowest BCUT2D eigenvalue weighted by Gasteiger charge is -2.31. The van der Waals surface area contributed by atoms with Gasteiger partial charge in [0.2, 0.25) is 0 Å². The van der Waals surface area contributed by atoms with Crippen LogP contribution in [0, 0.1) is 11.6 Å². The second kappa shape index (κ2) is 8.96. The Bertz CT molecular complexity index is 1110. The number of amides is 2. The lowest BCUT2D eigenvalue weighted by Crippen LogP contribution is -2.43. The second-order valence-corrected chi connectivity index (χ2v) is 7.65. The number of likely N-dealkylation sites (tertiary alicyclic amines) is 1. The van der Waals surface area contributed by atoms with Crippen molar-refractivity contribution < 1.29 is 27.9 Å². The monoisotopic (exact) mass is 443 g/mol. The quantitative estimate of drug-likeness (QED) is 0.458. The zero-order valence-electron chi connectivity index (χ0n) is 17.7. The van der Waals surface area contributed by atoms with E-state index in [4.69, 9.17) is 9.15 Å². The van der Waals surface area contributed by atoms with Crippen LogP contribution in [0.1, 0.15) is 24.7 Å². The van der Waals surface area contributed by atoms with E-state index in [1.807, 2.05) is 0 Å². The molecule has 1 N–H and O–H groups in total. The molecule has 1 fully saturated rings. The number of urea groups is 1. The van der Waals surface area contributed by atoms with Crippen LogP contribution in [0.2, 0.25) is 0 Å². The van der Waals surface area contributed by atoms with E-state index in [0.29, 0.717) is 53.9 Å². The zero-order chi connectivity index (χ0) is 22.8. The van der Waals surface area contributed by atoms with Gasteiger partial charge in [-0.25, -0.2) is 23.6 Å². The van der Waals surface area contributed by atoms with Crippen molar-refractivity contribution in [3.63, 3.8) is 0 Å². The Hall–Kier alpha value is -3.46. The molecule has 0 bridgehead atoms. The first-order chi connectivity index (χ1) is 15.4. The molecule has 1 aromatic heterocycles. The SMILES string of the molecule is COc1ccc(-c2nc(C3CCN(C(=O)N(C)O)CC3)oc2-c2ccc(F)cc2F)cc1. The van der Waals surface area contributed by atoms with E-state index in [9.17, 15) is 18.8 Å². The smallest absolute Gasteiger partial charge is 0.343 e. The highest BCUT2D eigenvalue weighted by Gasteiger charge is 2.30. The summed E-state index contributed by atoms with van der Waals surface area (Å²) in [4.78, 5) is 18.2. The van der Waals surface area contributed by atoms with Gasteiger partial charge in [0, 0.05) is 37.7 Å². The van der Waals surface area contributed by atoms with Crippen LogP contribution >= 0.6 is 0 Å². The van der Waals surface area contributed by atoms with E-state index in [2.05, 4.69) is 4.98 Å². The molecule has 2 amide bonds. The van der Waals surface area contributed by atoms with Gasteiger partial charge in [0.1, 0.15) is 23.1 Å². The number of carbonyl (C=O) groups is 1. The Kier molecular flexibility index (Phi) is 6.09. The van der Waals surface area contributed by atoms with Crippen LogP contribution in [0.4, 0.5) is 13.6 Å². The summed E-state index contributed by atoms with van der Waals surface area (Å²) in [5, 5.41) is 9.93. The number of nitrogens with zero attached hydrogens (tertiary/aromatic N) is 3. The molecule has 0 atom stereocenters. The van der Waals surface area contributed by atoms with Gasteiger partial charge in [0.15, 0.2) is 11.7 Å². The van der Waals surface area contributed by atoms with E-state index in [0.717, 1.165) is 6.07 Å². The molecule has 7 nitrogen and oxygen atoms in total. The fourth-order valence-corrected chi connectivity index (χ4v) is 3.83. The number of methoxy groups -OCH3 is 1. The summed E-state index contributed by atoms with van der Waals surface area (Å²) >= 11 is 0. The van der Waals surface area contributed by atoms with Gasteiger partial charge in [-0.2, -0.15) is 0 Å². The third-order valence-electron chi connectivity index (χ3n) is 5.57. The summed E-state index contributed by atoms with van der Waals surface area (Å²) in [6, 6.07) is 9.98. The number of rotatable bonds is 4. The van der Waals surface area contributed by atoms with Gasteiger partial charge in [0.05, 0.1) is 12.7 Å². The predicted molar refractivity (Wildman–Crippen MR) is 112 cm³/mol. The zero-order valence-corrected chi connectivity index (χ0v) is 17.7. The lowest BCUT2D eigenvalue weighted by molar-refractivity contribution is -0.0358. The average molecular weight is 443 g/mol. The maximum atomic E-state index is 14.6. The number of aromatic nitrogens is 1. The molecule has 32 heavy (non-hydrogen) atoms. The normalized spacial score (nSPS) is 14.5. The first-order valence-corrected chi connectivity index (χ1v) is 10.2. The minimum Gasteiger partial charge on any atom is -0.497 e. The number of halogens is 2. The maximum absolute atomic E-state index is 14.6. The molecule has 0 aliphatic carbocycles. The van der Waals surface area contributed by atoms with Gasteiger partial charge in [-0.3, -0.25) is 5.21 Å². The van der Waals surface area contributed by atoms with Crippen LogP contribution in [0.5, 0.6) is 5.75 Å². The van der Waals surface area contributed by atoms with Gasteiger partial charge < -0.3 is 14.1 Å². The molecule has 1 aliphatic heterocycles. The van der Waals surface area contributed by atoms with Crippen molar-refractivity contribution in [1.29, 1.82) is 0 Å². The van der Waals surface area contributed by atoms with E-state index < -0.39 is 17.7 Å². The van der Waals surface area contributed by atoms with Gasteiger partial charge in [-0.15, -0.1) is 0 Å². The number of hydrogen-bond acceptors (Lipinski definition) is 5. The molecular weight excluding hydrogens is 420 g/mol. The lowest BCUT2D eigenvalue weighted by atomic mass is 9.97. The van der Waals surface area contributed by atoms with Crippen LogP contribution in [0.3, 0.4) is 0 Å². The second-order valence-electron chi connectivity index (χ2n) is 7.65. The van der Waals surface area contributed by atoms with Crippen LogP contribution in [-0.2, 0) is 0 Å². The van der Waals surface area contributed by atoms with Crippen molar-refractivity contribution in [1.82, 2.24) is 14.9 Å². The molecule has 4 rings (SSSR count). The summed E-state index contributed by atoms with van der Waals surface area (Å²) in [5.74, 6) is -0.192. The van der Waals surface area contributed by atoms with Crippen LogP contribution in [0.25, 0.3) is 22.6 Å². The summed E-state index contributed by atoms with van der Waals surface area (Å²) in [6.45, 7) is 0.851. The van der Waals surface area contributed by atoms with Crippen molar-refractivity contribution in [3.05, 3.63) is 60.0 Å². The molecule has 0 saturated carbocycles. The third kappa shape index (κ3) is 4.29. The molecule has 3 aromatic rings. The van der Waals surface area contributed by atoms with E-state index in [1.54, 1.807) is 36.3 Å². The fraction of sp³-hybridized carbons (Fsp3) is 0.304. The Balaban J connectivity index is 1.69. The third-order valence-corrected chi connectivity index (χ3v) is 5.57. The molecule has 1 saturated heterocycles. The Morgan fingerprint density at radius 3 is 2.47 bits per heavy atom. The highest BCUT2D eigenvalue weighted by Crippen LogP contribution is 2.39. The van der Waals surface area contributed by atoms with Gasteiger partial charge in [0.25, 0.3) is 0 Å². The van der Waals surface area contributed by atoms with Crippen molar-refractivity contribution >= 4 is 6.03 Å². The van der Waals surface area contributed by atoms with Crippen molar-refractivity contribution in [3.8, 4) is 28.3 Å². The topological polar surface area (TPSA) is 79.0 Å². The molecule has 2 heterocycles. The highest BCUT2D eigenvalue weighted by atomic mass is 19.1. The largest absolute Gasteiger partial charge is 0.497 e. The molecule has 0 spiro atoms. The van der Waals surface area contributed by atoms with Crippen LogP contribution < -0.4 is 4.74 Å². The van der Waals surface area contributed by atoms with Gasteiger partial charge in [-0.05, 0) is 49.2 Å². The summed E-state index contributed by atoms with van der Waals surface area (Å²) in [7, 11) is 2.85. The standard InChI is InChI=1S/C23H23F2N3O4/c1-27(30)23(29)28-11-9-15(10-12-28)22-26-20(14-3-6-17(31-2)7-4-14)21(32-22)18-8-5-16(24)13-19(18)25/h3-8,13,15,30H,9-12H2,1-2H3. The first kappa shape index (κ1) is 21.8. The number of carbonyl (C=O) groups excluding carboxylic acids is 1. The van der Waals surface area contributed by atoms with Crippen LogP contribution in [-0.4, -0.2) is 53.4 Å². The summed E-state index contributed by atoms with van der Waals surface area (Å²) in [6.07, 6.45) is 1.15. The first-order valence-electron chi connectivity index (χ1n) is 10.2. The van der Waals surface area contributed by atoms with Gasteiger partial charge >= 0.3 is 6.03 Å². The molecule has 9 heteroatoms. The Labute approximate surface area is 183 Å². The number of ether oxygens (including phenoxy) is 1. The molecule has 2 aromatic carbocycles. The van der Waals surface area contributed by atoms with Gasteiger partial charge in [-0.1, -0.05) is 0 Å². The summed E-state index contributed by atoms with van der Waals surface area (Å²) < 4.78 is 39.3. The Morgan fingerprint density at radius 1 is 1.19 bits per heavy atom. The van der Waals surface area contributed by atoms with Crippen molar-refractivity contribution in [2.45, 2.75) is 18.8 Å².